The molecule has 0 atom stereocenters. The van der Waals surface area contributed by atoms with Gasteiger partial charge in [0.2, 0.25) is 0 Å². The van der Waals surface area contributed by atoms with E-state index in [1.165, 1.54) is 0 Å². The van der Waals surface area contributed by atoms with Gasteiger partial charge in [-0.1, -0.05) is 24.3 Å². The number of pyridine rings is 1. The molecule has 5 nitrogen and oxygen atoms in total. The Morgan fingerprint density at radius 3 is 2.65 bits per heavy atom. The zero-order valence-electron chi connectivity index (χ0n) is 12.7. The zero-order chi connectivity index (χ0) is 16.4. The maximum Gasteiger partial charge on any atom is 0.280 e. The summed E-state index contributed by atoms with van der Waals surface area (Å²) in [5.74, 6) is -0.698. The van der Waals surface area contributed by atoms with Crippen molar-refractivity contribution >= 4 is 22.6 Å². The first-order chi connectivity index (χ1) is 11.1. The van der Waals surface area contributed by atoms with E-state index in [1.54, 1.807) is 12.3 Å². The third kappa shape index (κ3) is 2.89. The first-order valence-corrected chi connectivity index (χ1v) is 7.14. The molecule has 114 valence electrons. The van der Waals surface area contributed by atoms with Crippen molar-refractivity contribution < 1.29 is 4.79 Å². The Kier molecular flexibility index (Phi) is 3.76. The van der Waals surface area contributed by atoms with E-state index in [9.17, 15) is 4.79 Å². The van der Waals surface area contributed by atoms with E-state index < -0.39 is 5.91 Å². The number of aryl methyl sites for hydroxylation is 1. The fraction of sp³-hybridized carbons (Fsp3) is 0.0556. The highest BCUT2D eigenvalue weighted by Gasteiger charge is 2.10. The van der Waals surface area contributed by atoms with Crippen LogP contribution < -0.4 is 11.5 Å². The van der Waals surface area contributed by atoms with E-state index in [-0.39, 0.29) is 5.96 Å². The predicted octanol–water partition coefficient (Wildman–Crippen LogP) is 2.62. The standard InChI is InChI=1S/C18H16N4O/c1-11-7-8-21-10-16(11)14-4-2-3-12-5-6-13(9-15(12)14)17(23)22-18(19)20/h2-10H,1H3,(H4,19,20,22,23). The minimum Gasteiger partial charge on any atom is -0.370 e. The van der Waals surface area contributed by atoms with Crippen LogP contribution in [0.25, 0.3) is 21.9 Å². The number of fused-ring (bicyclic) bond motifs is 1. The Labute approximate surface area is 133 Å². The summed E-state index contributed by atoms with van der Waals surface area (Å²) < 4.78 is 0. The summed E-state index contributed by atoms with van der Waals surface area (Å²) in [5.41, 5.74) is 14.2. The average molecular weight is 304 g/mol. The number of hydrogen-bond donors (Lipinski definition) is 2. The molecule has 2 aromatic carbocycles. The van der Waals surface area contributed by atoms with Crippen LogP contribution >= 0.6 is 0 Å². The van der Waals surface area contributed by atoms with Crippen molar-refractivity contribution in [3.63, 3.8) is 0 Å². The predicted molar refractivity (Wildman–Crippen MR) is 92.1 cm³/mol. The van der Waals surface area contributed by atoms with E-state index >= 15 is 0 Å². The van der Waals surface area contributed by atoms with Gasteiger partial charge < -0.3 is 11.5 Å². The van der Waals surface area contributed by atoms with Crippen LogP contribution in [-0.2, 0) is 0 Å². The molecule has 0 saturated heterocycles. The molecule has 0 aliphatic rings. The molecule has 4 N–H and O–H groups in total. The van der Waals surface area contributed by atoms with Gasteiger partial charge in [-0.15, -0.1) is 0 Å². The summed E-state index contributed by atoms with van der Waals surface area (Å²) in [6.07, 6.45) is 3.59. The summed E-state index contributed by atoms with van der Waals surface area (Å²) in [4.78, 5) is 19.9. The topological polar surface area (TPSA) is 94.4 Å². The molecule has 5 heteroatoms. The summed E-state index contributed by atoms with van der Waals surface area (Å²) >= 11 is 0. The molecule has 0 aliphatic heterocycles. The highest BCUT2D eigenvalue weighted by Crippen LogP contribution is 2.31. The molecule has 1 aromatic heterocycles. The number of rotatable bonds is 2. The number of guanidine groups is 1. The highest BCUT2D eigenvalue weighted by molar-refractivity contribution is 6.06. The SMILES string of the molecule is Cc1ccncc1-c1cccc2ccc(C(=O)N=C(N)N)cc12. The van der Waals surface area contributed by atoms with Gasteiger partial charge in [0.1, 0.15) is 0 Å². The van der Waals surface area contributed by atoms with Crippen LogP contribution in [-0.4, -0.2) is 16.9 Å². The zero-order valence-corrected chi connectivity index (χ0v) is 12.7. The van der Waals surface area contributed by atoms with Crippen LogP contribution in [0.4, 0.5) is 0 Å². The van der Waals surface area contributed by atoms with Gasteiger partial charge in [0.05, 0.1) is 0 Å². The minimum atomic E-state index is -0.454. The lowest BCUT2D eigenvalue weighted by Gasteiger charge is -2.10. The van der Waals surface area contributed by atoms with E-state index in [4.69, 9.17) is 11.5 Å². The van der Waals surface area contributed by atoms with Gasteiger partial charge in [0.15, 0.2) is 5.96 Å². The van der Waals surface area contributed by atoms with Crippen LogP contribution in [0.15, 0.2) is 59.9 Å². The second-order valence-corrected chi connectivity index (χ2v) is 5.27. The lowest BCUT2D eigenvalue weighted by Crippen LogP contribution is -2.24. The Morgan fingerprint density at radius 2 is 1.91 bits per heavy atom. The number of nitrogens with zero attached hydrogens (tertiary/aromatic N) is 2. The molecule has 0 aliphatic carbocycles. The smallest absolute Gasteiger partial charge is 0.280 e. The Bertz CT molecular complexity index is 927. The summed E-state index contributed by atoms with van der Waals surface area (Å²) in [6, 6.07) is 13.4. The van der Waals surface area contributed by atoms with Gasteiger partial charge >= 0.3 is 0 Å². The Hall–Kier alpha value is -3.21. The highest BCUT2D eigenvalue weighted by atomic mass is 16.1. The molecule has 0 fully saturated rings. The Morgan fingerprint density at radius 1 is 1.09 bits per heavy atom. The van der Waals surface area contributed by atoms with Crippen molar-refractivity contribution in [2.75, 3.05) is 0 Å². The van der Waals surface area contributed by atoms with Gasteiger partial charge in [0, 0.05) is 23.5 Å². The molecule has 0 spiro atoms. The number of benzene rings is 2. The van der Waals surface area contributed by atoms with Crippen LogP contribution in [0.1, 0.15) is 15.9 Å². The van der Waals surface area contributed by atoms with Crippen LogP contribution in [0.5, 0.6) is 0 Å². The Balaban J connectivity index is 2.22. The van der Waals surface area contributed by atoms with E-state index in [1.807, 2.05) is 49.5 Å². The fourth-order valence-corrected chi connectivity index (χ4v) is 2.57. The van der Waals surface area contributed by atoms with E-state index in [2.05, 4.69) is 9.98 Å². The normalized spacial score (nSPS) is 10.5. The maximum absolute atomic E-state index is 12.1. The third-order valence-corrected chi connectivity index (χ3v) is 3.69. The summed E-state index contributed by atoms with van der Waals surface area (Å²) in [6.45, 7) is 2.03. The third-order valence-electron chi connectivity index (χ3n) is 3.69. The van der Waals surface area contributed by atoms with Crippen LogP contribution in [0, 0.1) is 6.92 Å². The second-order valence-electron chi connectivity index (χ2n) is 5.27. The summed E-state index contributed by atoms with van der Waals surface area (Å²) in [5, 5.41) is 1.99. The molecule has 3 aromatic rings. The molecule has 1 heterocycles. The van der Waals surface area contributed by atoms with Crippen LogP contribution in [0.2, 0.25) is 0 Å². The molecule has 0 saturated carbocycles. The second kappa shape index (κ2) is 5.88. The first kappa shape index (κ1) is 14.7. The molecule has 0 bridgehead atoms. The first-order valence-electron chi connectivity index (χ1n) is 7.14. The minimum absolute atomic E-state index is 0.244. The van der Waals surface area contributed by atoms with Crippen molar-refractivity contribution in [2.45, 2.75) is 6.92 Å². The molecular formula is C18H16N4O. The fourth-order valence-electron chi connectivity index (χ4n) is 2.57. The lowest BCUT2D eigenvalue weighted by molar-refractivity contribution is 0.100. The molecule has 3 rings (SSSR count). The largest absolute Gasteiger partial charge is 0.370 e. The number of hydrogen-bond acceptors (Lipinski definition) is 2. The van der Waals surface area contributed by atoms with E-state index in [0.717, 1.165) is 27.5 Å². The van der Waals surface area contributed by atoms with Gasteiger partial charge in [-0.2, -0.15) is 4.99 Å². The molecule has 0 unspecified atom stereocenters. The number of carbonyl (C=O) groups is 1. The average Bonchev–Trinajstić information content (AvgIpc) is 2.54. The van der Waals surface area contributed by atoms with Gasteiger partial charge in [0.25, 0.3) is 5.91 Å². The molecule has 1 amide bonds. The van der Waals surface area contributed by atoms with Crippen molar-refractivity contribution in [2.24, 2.45) is 16.5 Å². The number of nitrogens with two attached hydrogens (primary N) is 2. The lowest BCUT2D eigenvalue weighted by atomic mass is 9.95. The van der Waals surface area contributed by atoms with Crippen molar-refractivity contribution in [1.29, 1.82) is 0 Å². The van der Waals surface area contributed by atoms with Crippen molar-refractivity contribution in [1.82, 2.24) is 4.98 Å². The van der Waals surface area contributed by atoms with Gasteiger partial charge in [-0.05, 0) is 47.0 Å². The number of carbonyl (C=O) groups excluding carboxylic acids is 1. The molecular weight excluding hydrogens is 288 g/mol. The summed E-state index contributed by atoms with van der Waals surface area (Å²) in [7, 11) is 0. The van der Waals surface area contributed by atoms with Crippen molar-refractivity contribution in [3.8, 4) is 11.1 Å². The number of aromatic nitrogens is 1. The number of aliphatic imine (C=N–C) groups is 1. The molecule has 0 radical (unpaired) electrons. The quantitative estimate of drug-likeness (QED) is 0.562. The van der Waals surface area contributed by atoms with E-state index in [0.29, 0.717) is 5.56 Å². The maximum atomic E-state index is 12.1. The molecule has 23 heavy (non-hydrogen) atoms. The van der Waals surface area contributed by atoms with Crippen molar-refractivity contribution in [3.05, 3.63) is 66.0 Å². The van der Waals surface area contributed by atoms with Gasteiger partial charge in [-0.25, -0.2) is 0 Å². The van der Waals surface area contributed by atoms with Gasteiger partial charge in [-0.3, -0.25) is 9.78 Å². The number of amides is 1. The van der Waals surface area contributed by atoms with Crippen LogP contribution in [0.3, 0.4) is 0 Å². The monoisotopic (exact) mass is 304 g/mol.